The Kier molecular flexibility index (Phi) is 6.13. The van der Waals surface area contributed by atoms with Gasteiger partial charge in [-0.25, -0.2) is 0 Å². The number of carbonyl (C=O) groups is 1. The minimum Gasteiger partial charge on any atom is -0.481 e. The Morgan fingerprint density at radius 1 is 1.44 bits per heavy atom. The summed E-state index contributed by atoms with van der Waals surface area (Å²) in [6, 6.07) is 0. The van der Waals surface area contributed by atoms with Crippen LogP contribution >= 0.6 is 0 Å². The molecule has 1 fully saturated rings. The first kappa shape index (κ1) is 15.5. The molecule has 1 rings (SSSR count). The first-order valence-electron chi connectivity index (χ1n) is 7.29. The van der Waals surface area contributed by atoms with E-state index in [0.717, 1.165) is 31.6 Å². The van der Waals surface area contributed by atoms with Crippen molar-refractivity contribution in [2.24, 2.45) is 17.3 Å². The van der Waals surface area contributed by atoms with Crippen molar-refractivity contribution in [2.45, 2.75) is 58.8 Å². The highest BCUT2D eigenvalue weighted by Crippen LogP contribution is 2.46. The molecule has 1 saturated carbocycles. The number of aliphatic carboxylic acids is 1. The third-order valence-electron chi connectivity index (χ3n) is 4.75. The molecule has 106 valence electrons. The lowest BCUT2D eigenvalue weighted by Crippen LogP contribution is -2.42. The van der Waals surface area contributed by atoms with Crippen LogP contribution in [-0.4, -0.2) is 24.8 Å². The summed E-state index contributed by atoms with van der Waals surface area (Å²) in [5.41, 5.74) is -0.543. The SMILES string of the molecule is CCCCC1CCC(C(=O)O)(C(C)COC)CC1. The van der Waals surface area contributed by atoms with E-state index >= 15 is 0 Å². The van der Waals surface area contributed by atoms with E-state index in [1.807, 2.05) is 6.92 Å². The summed E-state index contributed by atoms with van der Waals surface area (Å²) in [7, 11) is 1.65. The maximum absolute atomic E-state index is 11.7. The predicted molar refractivity (Wildman–Crippen MR) is 72.6 cm³/mol. The van der Waals surface area contributed by atoms with E-state index in [2.05, 4.69) is 6.92 Å². The zero-order valence-corrected chi connectivity index (χ0v) is 12.1. The number of carboxylic acid groups (broad SMARTS) is 1. The Labute approximate surface area is 111 Å². The van der Waals surface area contributed by atoms with Gasteiger partial charge in [0.2, 0.25) is 0 Å². The molecular formula is C15H28O3. The quantitative estimate of drug-likeness (QED) is 0.755. The molecule has 0 saturated heterocycles. The van der Waals surface area contributed by atoms with Gasteiger partial charge in [-0.3, -0.25) is 4.79 Å². The molecule has 1 aliphatic rings. The maximum atomic E-state index is 11.7. The molecule has 0 aromatic rings. The van der Waals surface area contributed by atoms with Gasteiger partial charge in [0.15, 0.2) is 0 Å². The summed E-state index contributed by atoms with van der Waals surface area (Å²) in [5.74, 6) is 0.222. The molecule has 18 heavy (non-hydrogen) atoms. The van der Waals surface area contributed by atoms with Crippen LogP contribution in [0.1, 0.15) is 58.8 Å². The van der Waals surface area contributed by atoms with E-state index in [4.69, 9.17) is 4.74 Å². The number of unbranched alkanes of at least 4 members (excludes halogenated alkanes) is 1. The first-order chi connectivity index (χ1) is 8.56. The van der Waals surface area contributed by atoms with Gasteiger partial charge < -0.3 is 9.84 Å². The molecular weight excluding hydrogens is 228 g/mol. The molecule has 0 amide bonds. The monoisotopic (exact) mass is 256 g/mol. The second kappa shape index (κ2) is 7.13. The van der Waals surface area contributed by atoms with Crippen molar-refractivity contribution in [3.63, 3.8) is 0 Å². The van der Waals surface area contributed by atoms with E-state index in [1.165, 1.54) is 19.3 Å². The third kappa shape index (κ3) is 3.47. The molecule has 0 aromatic heterocycles. The van der Waals surface area contributed by atoms with Crippen LogP contribution in [0.5, 0.6) is 0 Å². The molecule has 1 atom stereocenters. The average molecular weight is 256 g/mol. The Morgan fingerprint density at radius 3 is 2.50 bits per heavy atom. The fourth-order valence-electron chi connectivity index (χ4n) is 3.30. The lowest BCUT2D eigenvalue weighted by molar-refractivity contribution is -0.157. The standard InChI is InChI=1S/C15H28O3/c1-4-5-6-13-7-9-15(10-8-13,14(16)17)12(2)11-18-3/h12-13H,4-11H2,1-3H3,(H,16,17). The molecule has 0 aromatic carbocycles. The summed E-state index contributed by atoms with van der Waals surface area (Å²) in [5, 5.41) is 9.59. The fraction of sp³-hybridized carbons (Fsp3) is 0.933. The maximum Gasteiger partial charge on any atom is 0.309 e. The van der Waals surface area contributed by atoms with E-state index < -0.39 is 11.4 Å². The Balaban J connectivity index is 2.60. The van der Waals surface area contributed by atoms with Gasteiger partial charge in [-0.1, -0.05) is 33.1 Å². The number of hydrogen-bond acceptors (Lipinski definition) is 2. The molecule has 0 aliphatic heterocycles. The Bertz CT molecular complexity index is 254. The summed E-state index contributed by atoms with van der Waals surface area (Å²) < 4.78 is 5.16. The second-order valence-electron chi connectivity index (χ2n) is 5.90. The van der Waals surface area contributed by atoms with Crippen LogP contribution in [-0.2, 0) is 9.53 Å². The molecule has 1 aliphatic carbocycles. The molecule has 3 heteroatoms. The van der Waals surface area contributed by atoms with Crippen LogP contribution in [0, 0.1) is 17.3 Å². The highest BCUT2D eigenvalue weighted by Gasteiger charge is 2.45. The van der Waals surface area contributed by atoms with E-state index in [0.29, 0.717) is 6.61 Å². The summed E-state index contributed by atoms with van der Waals surface area (Å²) in [6.07, 6.45) is 7.56. The van der Waals surface area contributed by atoms with Gasteiger partial charge in [0.25, 0.3) is 0 Å². The summed E-state index contributed by atoms with van der Waals surface area (Å²) in [6.45, 7) is 4.78. The molecule has 0 bridgehead atoms. The van der Waals surface area contributed by atoms with Gasteiger partial charge in [0.1, 0.15) is 0 Å². The van der Waals surface area contributed by atoms with Crippen LogP contribution in [0.2, 0.25) is 0 Å². The van der Waals surface area contributed by atoms with Gasteiger partial charge >= 0.3 is 5.97 Å². The molecule has 0 spiro atoms. The molecule has 1 N–H and O–H groups in total. The van der Waals surface area contributed by atoms with E-state index in [9.17, 15) is 9.90 Å². The minimum atomic E-state index is -0.624. The Morgan fingerprint density at radius 2 is 2.06 bits per heavy atom. The van der Waals surface area contributed by atoms with E-state index in [-0.39, 0.29) is 5.92 Å². The summed E-state index contributed by atoms with van der Waals surface area (Å²) in [4.78, 5) is 11.7. The minimum absolute atomic E-state index is 0.104. The highest BCUT2D eigenvalue weighted by atomic mass is 16.5. The molecule has 1 unspecified atom stereocenters. The lowest BCUT2D eigenvalue weighted by atomic mass is 9.63. The third-order valence-corrected chi connectivity index (χ3v) is 4.75. The zero-order chi connectivity index (χ0) is 13.6. The zero-order valence-electron chi connectivity index (χ0n) is 12.1. The van der Waals surface area contributed by atoms with Gasteiger partial charge in [0.05, 0.1) is 5.41 Å². The van der Waals surface area contributed by atoms with Crippen molar-refractivity contribution < 1.29 is 14.6 Å². The van der Waals surface area contributed by atoms with Gasteiger partial charge in [-0.2, -0.15) is 0 Å². The summed E-state index contributed by atoms with van der Waals surface area (Å²) >= 11 is 0. The van der Waals surface area contributed by atoms with Gasteiger partial charge in [0, 0.05) is 13.7 Å². The highest BCUT2D eigenvalue weighted by molar-refractivity contribution is 5.75. The van der Waals surface area contributed by atoms with Crippen LogP contribution < -0.4 is 0 Å². The van der Waals surface area contributed by atoms with Gasteiger partial charge in [-0.15, -0.1) is 0 Å². The predicted octanol–water partition coefficient (Wildman–Crippen LogP) is 3.72. The van der Waals surface area contributed by atoms with Crippen molar-refractivity contribution in [1.29, 1.82) is 0 Å². The second-order valence-corrected chi connectivity index (χ2v) is 5.90. The number of rotatable bonds is 7. The normalized spacial score (nSPS) is 30.1. The molecule has 0 heterocycles. The molecule has 0 radical (unpaired) electrons. The number of hydrogen-bond donors (Lipinski definition) is 1. The van der Waals surface area contributed by atoms with Crippen LogP contribution in [0.15, 0.2) is 0 Å². The van der Waals surface area contributed by atoms with Crippen molar-refractivity contribution in [2.75, 3.05) is 13.7 Å². The van der Waals surface area contributed by atoms with E-state index in [1.54, 1.807) is 7.11 Å². The van der Waals surface area contributed by atoms with Crippen LogP contribution in [0.4, 0.5) is 0 Å². The number of carboxylic acids is 1. The first-order valence-corrected chi connectivity index (χ1v) is 7.29. The van der Waals surface area contributed by atoms with Crippen molar-refractivity contribution in [1.82, 2.24) is 0 Å². The van der Waals surface area contributed by atoms with Crippen LogP contribution in [0.3, 0.4) is 0 Å². The number of methoxy groups -OCH3 is 1. The average Bonchev–Trinajstić information content (AvgIpc) is 2.37. The van der Waals surface area contributed by atoms with Crippen molar-refractivity contribution in [3.05, 3.63) is 0 Å². The topological polar surface area (TPSA) is 46.5 Å². The smallest absolute Gasteiger partial charge is 0.309 e. The fourth-order valence-corrected chi connectivity index (χ4v) is 3.30. The van der Waals surface area contributed by atoms with Crippen molar-refractivity contribution >= 4 is 5.97 Å². The van der Waals surface area contributed by atoms with Crippen molar-refractivity contribution in [3.8, 4) is 0 Å². The number of ether oxygens (including phenoxy) is 1. The lowest BCUT2D eigenvalue weighted by Gasteiger charge is -2.41. The Hall–Kier alpha value is -0.570. The van der Waals surface area contributed by atoms with Crippen LogP contribution in [0.25, 0.3) is 0 Å². The molecule has 3 nitrogen and oxygen atoms in total. The largest absolute Gasteiger partial charge is 0.481 e. The van der Waals surface area contributed by atoms with Gasteiger partial charge in [-0.05, 0) is 37.5 Å².